The molecular formula is C37H28N6. The van der Waals surface area contributed by atoms with E-state index >= 15 is 0 Å². The van der Waals surface area contributed by atoms with Gasteiger partial charge in [0.15, 0.2) is 0 Å². The average Bonchev–Trinajstić information content (AvgIpc) is 3.79. The number of benzene rings is 4. The first-order valence-corrected chi connectivity index (χ1v) is 14.5. The van der Waals surface area contributed by atoms with E-state index in [2.05, 4.69) is 134 Å². The number of hydrogen-bond acceptors (Lipinski definition) is 4. The molecule has 0 aliphatic carbocycles. The summed E-state index contributed by atoms with van der Waals surface area (Å²) in [6.45, 7) is 1.23. The van der Waals surface area contributed by atoms with Crippen LogP contribution < -0.4 is 0 Å². The van der Waals surface area contributed by atoms with Crippen molar-refractivity contribution in [1.82, 2.24) is 24.3 Å². The first-order valence-electron chi connectivity index (χ1n) is 14.5. The Labute approximate surface area is 249 Å². The quantitative estimate of drug-likeness (QED) is 0.197. The van der Waals surface area contributed by atoms with Gasteiger partial charge in [0, 0.05) is 29.7 Å². The zero-order valence-corrected chi connectivity index (χ0v) is 23.5. The van der Waals surface area contributed by atoms with Gasteiger partial charge in [-0.2, -0.15) is 5.10 Å². The highest BCUT2D eigenvalue weighted by Gasteiger charge is 2.39. The summed E-state index contributed by atoms with van der Waals surface area (Å²) < 4.78 is 4.43. The van der Waals surface area contributed by atoms with E-state index in [4.69, 9.17) is 10.1 Å². The van der Waals surface area contributed by atoms with E-state index in [0.29, 0.717) is 13.1 Å². The van der Waals surface area contributed by atoms with Crippen molar-refractivity contribution in [2.45, 2.75) is 18.6 Å². The number of imidazole rings is 1. The van der Waals surface area contributed by atoms with E-state index in [1.54, 1.807) is 6.20 Å². The second kappa shape index (κ2) is 10.3. The lowest BCUT2D eigenvalue weighted by Gasteiger charge is -2.38. The van der Waals surface area contributed by atoms with Crippen LogP contribution in [0.4, 0.5) is 0 Å². The molecule has 206 valence electrons. The molecule has 43 heavy (non-hydrogen) atoms. The summed E-state index contributed by atoms with van der Waals surface area (Å²) in [4.78, 5) is 13.8. The summed E-state index contributed by atoms with van der Waals surface area (Å²) in [5.74, 6) is 0. The molecule has 8 rings (SSSR count). The highest BCUT2D eigenvalue weighted by atomic mass is 15.3. The predicted molar refractivity (Wildman–Crippen MR) is 170 cm³/mol. The fourth-order valence-corrected chi connectivity index (χ4v) is 6.46. The van der Waals surface area contributed by atoms with Gasteiger partial charge in [-0.15, -0.1) is 0 Å². The third-order valence-corrected chi connectivity index (χ3v) is 8.34. The summed E-state index contributed by atoms with van der Waals surface area (Å²) in [7, 11) is 0. The van der Waals surface area contributed by atoms with Crippen molar-refractivity contribution in [1.29, 1.82) is 0 Å². The smallest absolute Gasteiger partial charge is 0.122 e. The Hall–Kier alpha value is -5.62. The summed E-state index contributed by atoms with van der Waals surface area (Å²) in [5.41, 5.74) is 10.1. The second-order valence-electron chi connectivity index (χ2n) is 10.8. The van der Waals surface area contributed by atoms with E-state index in [-0.39, 0.29) is 0 Å². The Morgan fingerprint density at radius 3 is 2.02 bits per heavy atom. The molecule has 0 fully saturated rings. The van der Waals surface area contributed by atoms with Crippen LogP contribution in [-0.4, -0.2) is 30.5 Å². The molecule has 0 unspecified atom stereocenters. The maximum atomic E-state index is 4.99. The SMILES string of the molecule is C1=NCc2nn(Cc3cccnc3)c(-c3ccc4ncn(C(c5ccccc5)(c5ccccc5)c5ccccc5)c4c3)c21. The number of pyridine rings is 1. The highest BCUT2D eigenvalue weighted by molar-refractivity contribution is 5.94. The normalized spacial score (nSPS) is 12.6. The van der Waals surface area contributed by atoms with Gasteiger partial charge in [-0.05, 0) is 40.5 Å². The van der Waals surface area contributed by atoms with Gasteiger partial charge in [0.2, 0.25) is 0 Å². The molecule has 0 saturated carbocycles. The third-order valence-electron chi connectivity index (χ3n) is 8.34. The molecule has 0 atom stereocenters. The van der Waals surface area contributed by atoms with Crippen molar-refractivity contribution in [3.63, 3.8) is 0 Å². The van der Waals surface area contributed by atoms with Crippen LogP contribution in [0, 0.1) is 0 Å². The van der Waals surface area contributed by atoms with Crippen molar-refractivity contribution >= 4 is 17.2 Å². The molecule has 0 N–H and O–H groups in total. The monoisotopic (exact) mass is 556 g/mol. The van der Waals surface area contributed by atoms with E-state index in [1.807, 2.05) is 24.8 Å². The average molecular weight is 557 g/mol. The summed E-state index contributed by atoms with van der Waals surface area (Å²) >= 11 is 0. The van der Waals surface area contributed by atoms with Crippen molar-refractivity contribution < 1.29 is 0 Å². The Morgan fingerprint density at radius 1 is 0.721 bits per heavy atom. The fraction of sp³-hybridized carbons (Fsp3) is 0.0811. The van der Waals surface area contributed by atoms with Gasteiger partial charge in [-0.25, -0.2) is 4.98 Å². The van der Waals surface area contributed by atoms with E-state index in [1.165, 1.54) is 0 Å². The zero-order valence-electron chi connectivity index (χ0n) is 23.5. The Balaban J connectivity index is 1.39. The van der Waals surface area contributed by atoms with Crippen LogP contribution in [0.25, 0.3) is 22.3 Å². The number of aliphatic imine (C=N–C) groups is 1. The van der Waals surface area contributed by atoms with Crippen molar-refractivity contribution in [3.05, 3.63) is 174 Å². The number of aromatic nitrogens is 5. The van der Waals surface area contributed by atoms with Crippen molar-refractivity contribution in [2.75, 3.05) is 0 Å². The number of rotatable bonds is 7. The second-order valence-corrected chi connectivity index (χ2v) is 10.8. The van der Waals surface area contributed by atoms with E-state index in [9.17, 15) is 0 Å². The molecule has 3 aromatic heterocycles. The molecule has 1 aliphatic heterocycles. The summed E-state index contributed by atoms with van der Waals surface area (Å²) in [5, 5.41) is 4.99. The van der Waals surface area contributed by atoms with Crippen LogP contribution in [0.1, 0.15) is 33.5 Å². The third kappa shape index (κ3) is 4.10. The van der Waals surface area contributed by atoms with Gasteiger partial charge >= 0.3 is 0 Å². The fourth-order valence-electron chi connectivity index (χ4n) is 6.46. The van der Waals surface area contributed by atoms with Gasteiger partial charge in [0.05, 0.1) is 41.8 Å². The van der Waals surface area contributed by atoms with Crippen LogP contribution in [0.15, 0.2) is 145 Å². The summed E-state index contributed by atoms with van der Waals surface area (Å²) in [6.07, 6.45) is 7.64. The molecular weight excluding hydrogens is 528 g/mol. The molecule has 0 amide bonds. The van der Waals surface area contributed by atoms with Crippen molar-refractivity contribution in [3.8, 4) is 11.3 Å². The minimum atomic E-state index is -0.656. The lowest BCUT2D eigenvalue weighted by atomic mass is 9.76. The molecule has 1 aliphatic rings. The van der Waals surface area contributed by atoms with Gasteiger partial charge in [-0.1, -0.05) is 103 Å². The van der Waals surface area contributed by atoms with Gasteiger partial charge in [0.1, 0.15) is 5.54 Å². The Kier molecular flexibility index (Phi) is 6.04. The number of nitrogens with zero attached hydrogens (tertiary/aromatic N) is 6. The maximum absolute atomic E-state index is 4.99. The number of fused-ring (bicyclic) bond motifs is 2. The topological polar surface area (TPSA) is 60.9 Å². The molecule has 7 aromatic rings. The minimum absolute atomic E-state index is 0.599. The summed E-state index contributed by atoms with van der Waals surface area (Å²) in [6, 6.07) is 42.7. The standard InChI is InChI=1S/C37H28N6/c1-4-12-29(13-5-1)37(30-14-6-2-7-15-30,31-16-8-3-9-17-31)42-26-40-33-19-18-28(21-35(33)42)36-32-23-39-24-34(32)41-43(36)25-27-11-10-20-38-22-27/h1-23,26H,24-25H2. The van der Waals surface area contributed by atoms with Crippen LogP contribution in [-0.2, 0) is 18.6 Å². The largest absolute Gasteiger partial charge is 0.312 e. The zero-order chi connectivity index (χ0) is 28.6. The minimum Gasteiger partial charge on any atom is -0.312 e. The number of hydrogen-bond donors (Lipinski definition) is 0. The lowest BCUT2D eigenvalue weighted by Crippen LogP contribution is -2.37. The first kappa shape index (κ1) is 25.1. The Morgan fingerprint density at radius 2 is 1.40 bits per heavy atom. The van der Waals surface area contributed by atoms with Crippen molar-refractivity contribution in [2.24, 2.45) is 4.99 Å². The highest BCUT2D eigenvalue weighted by Crippen LogP contribution is 2.43. The molecule has 0 radical (unpaired) electrons. The first-order chi connectivity index (χ1) is 21.3. The van der Waals surface area contributed by atoms with Gasteiger partial charge in [0.25, 0.3) is 0 Å². The van der Waals surface area contributed by atoms with Gasteiger partial charge < -0.3 is 4.57 Å². The van der Waals surface area contributed by atoms with Crippen LogP contribution >= 0.6 is 0 Å². The molecule has 4 heterocycles. The lowest BCUT2D eigenvalue weighted by molar-refractivity contribution is 0.529. The molecule has 6 nitrogen and oxygen atoms in total. The molecule has 0 spiro atoms. The molecule has 0 bridgehead atoms. The maximum Gasteiger partial charge on any atom is 0.122 e. The van der Waals surface area contributed by atoms with E-state index < -0.39 is 5.54 Å². The molecule has 4 aromatic carbocycles. The van der Waals surface area contributed by atoms with Gasteiger partial charge in [-0.3, -0.25) is 14.7 Å². The van der Waals surface area contributed by atoms with Crippen LogP contribution in [0.3, 0.4) is 0 Å². The Bertz CT molecular complexity index is 1960. The molecule has 0 saturated heterocycles. The van der Waals surface area contributed by atoms with E-state index in [0.717, 1.165) is 55.8 Å². The van der Waals surface area contributed by atoms with Crippen LogP contribution in [0.5, 0.6) is 0 Å². The molecule has 6 heteroatoms. The predicted octanol–water partition coefficient (Wildman–Crippen LogP) is 7.12. The van der Waals surface area contributed by atoms with Crippen LogP contribution in [0.2, 0.25) is 0 Å².